The summed E-state index contributed by atoms with van der Waals surface area (Å²) in [6, 6.07) is 18.7. The van der Waals surface area contributed by atoms with Gasteiger partial charge in [0.25, 0.3) is 10.0 Å². The van der Waals surface area contributed by atoms with E-state index in [-0.39, 0.29) is 23.4 Å². The summed E-state index contributed by atoms with van der Waals surface area (Å²) < 4.78 is 34.7. The van der Waals surface area contributed by atoms with Crippen LogP contribution in [0.5, 0.6) is 5.75 Å². The van der Waals surface area contributed by atoms with Gasteiger partial charge in [0.05, 0.1) is 17.7 Å². The van der Waals surface area contributed by atoms with Gasteiger partial charge in [0.1, 0.15) is 18.3 Å². The molecule has 1 N–H and O–H groups in total. The van der Waals surface area contributed by atoms with Crippen LogP contribution in [0.25, 0.3) is 0 Å². The van der Waals surface area contributed by atoms with E-state index in [0.29, 0.717) is 11.4 Å². The molecule has 1 saturated carbocycles. The summed E-state index contributed by atoms with van der Waals surface area (Å²) in [6.45, 7) is 6.97. The molecule has 9 heteroatoms. The molecule has 0 saturated heterocycles. The summed E-state index contributed by atoms with van der Waals surface area (Å²) >= 11 is 0. The Morgan fingerprint density at radius 2 is 1.53 bits per heavy atom. The molecule has 3 aromatic rings. The van der Waals surface area contributed by atoms with Crippen molar-refractivity contribution in [3.8, 4) is 5.75 Å². The second-order valence-corrected chi connectivity index (χ2v) is 13.4. The van der Waals surface area contributed by atoms with Crippen molar-refractivity contribution in [3.63, 3.8) is 0 Å². The lowest BCUT2D eigenvalue weighted by atomic mass is 9.95. The van der Waals surface area contributed by atoms with Gasteiger partial charge in [-0.2, -0.15) is 0 Å². The maximum Gasteiger partial charge on any atom is 0.264 e. The zero-order chi connectivity index (χ0) is 31.1. The number of amides is 2. The summed E-state index contributed by atoms with van der Waals surface area (Å²) in [5.41, 5.74) is 3.74. The van der Waals surface area contributed by atoms with Crippen LogP contribution in [0, 0.1) is 20.8 Å². The Hall–Kier alpha value is -3.85. The first-order valence-electron chi connectivity index (χ1n) is 14.9. The van der Waals surface area contributed by atoms with Crippen LogP contribution in [0.3, 0.4) is 0 Å². The van der Waals surface area contributed by atoms with Crippen LogP contribution in [0.15, 0.2) is 71.6 Å². The number of nitrogens with zero attached hydrogens (tertiary/aromatic N) is 2. The molecule has 0 bridgehead atoms. The summed E-state index contributed by atoms with van der Waals surface area (Å²) in [4.78, 5) is 29.3. The first-order valence-corrected chi connectivity index (χ1v) is 16.3. The van der Waals surface area contributed by atoms with Crippen LogP contribution in [0.4, 0.5) is 5.69 Å². The molecule has 1 aliphatic rings. The van der Waals surface area contributed by atoms with Gasteiger partial charge in [-0.25, -0.2) is 8.42 Å². The van der Waals surface area contributed by atoms with E-state index in [2.05, 4.69) is 5.32 Å². The minimum atomic E-state index is -4.12. The Morgan fingerprint density at radius 3 is 2.16 bits per heavy atom. The van der Waals surface area contributed by atoms with Crippen LogP contribution in [0.1, 0.15) is 61.3 Å². The number of hydrogen-bond donors (Lipinski definition) is 1. The Balaban J connectivity index is 1.70. The molecule has 2 amide bonds. The van der Waals surface area contributed by atoms with Crippen LogP contribution < -0.4 is 14.4 Å². The molecule has 0 aliphatic heterocycles. The number of methoxy groups -OCH3 is 1. The van der Waals surface area contributed by atoms with E-state index in [4.69, 9.17) is 4.74 Å². The van der Waals surface area contributed by atoms with E-state index >= 15 is 0 Å². The molecule has 8 nitrogen and oxygen atoms in total. The van der Waals surface area contributed by atoms with Crippen molar-refractivity contribution in [3.05, 3.63) is 89.0 Å². The van der Waals surface area contributed by atoms with Gasteiger partial charge in [-0.3, -0.25) is 13.9 Å². The standard InChI is InChI=1S/C34H43N3O5S/c1-24-12-19-31(20-13-24)43(40,41)37(32-21-25(2)11-14-26(32)3)23-33(38)36(22-28-15-17-30(42-5)18-16-28)27(4)34(39)35-29-9-7-6-8-10-29/h11-21,27,29H,6-10,22-23H2,1-5H3,(H,35,39)/t27-/m1/s1. The molecule has 1 fully saturated rings. The topological polar surface area (TPSA) is 96.0 Å². The number of rotatable bonds is 11. The Labute approximate surface area is 256 Å². The SMILES string of the molecule is COc1ccc(CN(C(=O)CN(c2cc(C)ccc2C)S(=O)(=O)c2ccc(C)cc2)[C@H](C)C(=O)NC2CCCCC2)cc1. The van der Waals surface area contributed by atoms with Gasteiger partial charge in [-0.05, 0) is 87.6 Å². The molecule has 4 rings (SSSR count). The van der Waals surface area contributed by atoms with Gasteiger partial charge in [0.15, 0.2) is 0 Å². The van der Waals surface area contributed by atoms with Crippen LogP contribution in [0.2, 0.25) is 0 Å². The van der Waals surface area contributed by atoms with Crippen LogP contribution in [-0.2, 0) is 26.2 Å². The van der Waals surface area contributed by atoms with Crippen molar-refractivity contribution in [1.29, 1.82) is 0 Å². The zero-order valence-corrected chi connectivity index (χ0v) is 26.6. The van der Waals surface area contributed by atoms with E-state index < -0.39 is 28.5 Å². The van der Waals surface area contributed by atoms with Crippen molar-refractivity contribution < 1.29 is 22.7 Å². The lowest BCUT2D eigenvalue weighted by Gasteiger charge is -2.33. The van der Waals surface area contributed by atoms with Gasteiger partial charge in [-0.1, -0.05) is 61.2 Å². The van der Waals surface area contributed by atoms with Crippen molar-refractivity contribution in [2.24, 2.45) is 0 Å². The molecule has 230 valence electrons. The Morgan fingerprint density at radius 1 is 0.907 bits per heavy atom. The summed E-state index contributed by atoms with van der Waals surface area (Å²) in [6.07, 6.45) is 5.12. The predicted octanol–water partition coefficient (Wildman–Crippen LogP) is 5.68. The van der Waals surface area contributed by atoms with Crippen molar-refractivity contribution in [2.45, 2.75) is 83.3 Å². The lowest BCUT2D eigenvalue weighted by molar-refractivity contribution is -0.139. The molecule has 1 atom stereocenters. The fourth-order valence-electron chi connectivity index (χ4n) is 5.42. The number of sulfonamides is 1. The second kappa shape index (κ2) is 14.1. The number of carbonyl (C=O) groups excluding carboxylic acids is 2. The number of hydrogen-bond acceptors (Lipinski definition) is 5. The van der Waals surface area contributed by atoms with Gasteiger partial charge in [0.2, 0.25) is 11.8 Å². The zero-order valence-electron chi connectivity index (χ0n) is 25.8. The predicted molar refractivity (Wildman–Crippen MR) is 170 cm³/mol. The van der Waals surface area contributed by atoms with Crippen molar-refractivity contribution >= 4 is 27.5 Å². The highest BCUT2D eigenvalue weighted by molar-refractivity contribution is 7.92. The molecule has 0 heterocycles. The third kappa shape index (κ3) is 7.96. The summed E-state index contributed by atoms with van der Waals surface area (Å²) in [5.74, 6) is -0.0397. The molecule has 43 heavy (non-hydrogen) atoms. The quantitative estimate of drug-likeness (QED) is 0.303. The number of benzene rings is 3. The van der Waals surface area contributed by atoms with E-state index in [9.17, 15) is 18.0 Å². The average molecular weight is 606 g/mol. The minimum absolute atomic E-state index is 0.0787. The number of aryl methyl sites for hydroxylation is 3. The smallest absolute Gasteiger partial charge is 0.264 e. The van der Waals surface area contributed by atoms with Gasteiger partial charge >= 0.3 is 0 Å². The third-order valence-corrected chi connectivity index (χ3v) is 9.93. The minimum Gasteiger partial charge on any atom is -0.497 e. The van der Waals surface area contributed by atoms with E-state index in [1.807, 2.05) is 45.0 Å². The first kappa shape index (κ1) is 32.1. The first-order chi connectivity index (χ1) is 20.5. The molecule has 0 aromatic heterocycles. The molecule has 0 spiro atoms. The van der Waals surface area contributed by atoms with Gasteiger partial charge in [0, 0.05) is 12.6 Å². The monoisotopic (exact) mass is 605 g/mol. The molecule has 0 radical (unpaired) electrons. The summed E-state index contributed by atoms with van der Waals surface area (Å²) in [5, 5.41) is 3.14. The lowest BCUT2D eigenvalue weighted by Crippen LogP contribution is -2.53. The average Bonchev–Trinajstić information content (AvgIpc) is 3.00. The highest BCUT2D eigenvalue weighted by Gasteiger charge is 2.33. The Bertz CT molecular complexity index is 1510. The molecular weight excluding hydrogens is 562 g/mol. The third-order valence-electron chi connectivity index (χ3n) is 8.15. The van der Waals surface area contributed by atoms with Crippen LogP contribution >= 0.6 is 0 Å². The largest absolute Gasteiger partial charge is 0.497 e. The van der Waals surface area contributed by atoms with E-state index in [0.717, 1.165) is 54.4 Å². The fourth-order valence-corrected chi connectivity index (χ4v) is 6.89. The number of anilines is 1. The molecule has 0 unspecified atom stereocenters. The van der Waals surface area contributed by atoms with Gasteiger partial charge in [-0.15, -0.1) is 0 Å². The highest BCUT2D eigenvalue weighted by atomic mass is 32.2. The summed E-state index contributed by atoms with van der Waals surface area (Å²) in [7, 11) is -2.54. The van der Waals surface area contributed by atoms with E-state index in [1.165, 1.54) is 9.21 Å². The number of carbonyl (C=O) groups is 2. The number of ether oxygens (including phenoxy) is 1. The number of nitrogens with one attached hydrogen (secondary N) is 1. The van der Waals surface area contributed by atoms with E-state index in [1.54, 1.807) is 56.5 Å². The Kier molecular flexibility index (Phi) is 10.5. The van der Waals surface area contributed by atoms with Crippen molar-refractivity contribution in [1.82, 2.24) is 10.2 Å². The van der Waals surface area contributed by atoms with Gasteiger partial charge < -0.3 is 15.0 Å². The maximum absolute atomic E-state index is 14.2. The highest BCUT2D eigenvalue weighted by Crippen LogP contribution is 2.29. The second-order valence-electron chi connectivity index (χ2n) is 11.5. The fraction of sp³-hybridized carbons (Fsp3) is 0.412. The molecule has 3 aromatic carbocycles. The van der Waals surface area contributed by atoms with Crippen LogP contribution in [-0.4, -0.2) is 50.9 Å². The molecular formula is C34H43N3O5S. The molecule has 1 aliphatic carbocycles. The van der Waals surface area contributed by atoms with Crippen molar-refractivity contribution in [2.75, 3.05) is 18.0 Å². The normalized spacial score (nSPS) is 14.5. The maximum atomic E-state index is 14.2.